The number of aliphatic carboxylic acids is 1. The maximum Gasteiger partial charge on any atom is 0.256 e. The Hall–Kier alpha value is -1.32. The van der Waals surface area contributed by atoms with Crippen LogP contribution in [0.1, 0.15) is 57.0 Å². The van der Waals surface area contributed by atoms with Gasteiger partial charge in [0.05, 0.1) is 13.0 Å². The summed E-state index contributed by atoms with van der Waals surface area (Å²) >= 11 is 0. The van der Waals surface area contributed by atoms with Crippen LogP contribution in [0.4, 0.5) is 0 Å². The van der Waals surface area contributed by atoms with Crippen LogP contribution in [0.5, 0.6) is 0 Å². The molecule has 0 unspecified atom stereocenters. The summed E-state index contributed by atoms with van der Waals surface area (Å²) in [6, 6.07) is 0. The fourth-order valence-corrected chi connectivity index (χ4v) is 2.43. The van der Waals surface area contributed by atoms with Gasteiger partial charge in [-0.2, -0.15) is 0 Å². The molecule has 0 saturated heterocycles. The Morgan fingerprint density at radius 3 is 2.53 bits per heavy atom. The monoisotopic (exact) mass is 266 g/mol. The van der Waals surface area contributed by atoms with Crippen molar-refractivity contribution in [2.45, 2.75) is 65.3 Å². The lowest BCUT2D eigenvalue weighted by atomic mass is 10.1. The molecule has 1 aromatic heterocycles. The van der Waals surface area contributed by atoms with Crippen LogP contribution in [0.15, 0.2) is 6.20 Å². The SMILES string of the molecule is CCCCCCCCc1n(C)c(C)c[n+]1CC(=O)[O-]. The van der Waals surface area contributed by atoms with Crippen molar-refractivity contribution in [3.8, 4) is 0 Å². The summed E-state index contributed by atoms with van der Waals surface area (Å²) in [6.07, 6.45) is 10.3. The number of aryl methyl sites for hydroxylation is 1. The molecule has 1 aromatic rings. The van der Waals surface area contributed by atoms with E-state index < -0.39 is 5.97 Å². The summed E-state index contributed by atoms with van der Waals surface area (Å²) in [6.45, 7) is 4.17. The van der Waals surface area contributed by atoms with Crippen LogP contribution in [0.3, 0.4) is 0 Å². The predicted octanol–water partition coefficient (Wildman–Crippen LogP) is 1.27. The highest BCUT2D eigenvalue weighted by atomic mass is 16.4. The number of rotatable bonds is 9. The summed E-state index contributed by atoms with van der Waals surface area (Å²) in [5, 5.41) is 10.7. The number of carbonyl (C=O) groups excluding carboxylic acids is 1. The van der Waals surface area contributed by atoms with E-state index in [1.807, 2.05) is 20.2 Å². The van der Waals surface area contributed by atoms with Crippen molar-refractivity contribution in [1.82, 2.24) is 4.57 Å². The Morgan fingerprint density at radius 1 is 1.26 bits per heavy atom. The third-order valence-electron chi connectivity index (χ3n) is 3.64. The first-order valence-corrected chi connectivity index (χ1v) is 7.30. The van der Waals surface area contributed by atoms with E-state index in [2.05, 4.69) is 11.5 Å². The molecule has 0 spiro atoms. The highest BCUT2D eigenvalue weighted by Gasteiger charge is 2.17. The van der Waals surface area contributed by atoms with E-state index in [-0.39, 0.29) is 6.54 Å². The lowest BCUT2D eigenvalue weighted by Gasteiger charge is -2.04. The maximum absolute atomic E-state index is 10.7. The van der Waals surface area contributed by atoms with E-state index in [1.165, 1.54) is 32.1 Å². The Bertz CT molecular complexity index is 411. The summed E-state index contributed by atoms with van der Waals surface area (Å²) < 4.78 is 3.88. The molecule has 0 aliphatic rings. The Labute approximate surface area is 116 Å². The maximum atomic E-state index is 10.7. The van der Waals surface area contributed by atoms with Crippen LogP contribution >= 0.6 is 0 Å². The molecular weight excluding hydrogens is 240 g/mol. The molecule has 0 fully saturated rings. The van der Waals surface area contributed by atoms with Crippen molar-refractivity contribution in [3.63, 3.8) is 0 Å². The van der Waals surface area contributed by atoms with Gasteiger partial charge in [0.15, 0.2) is 0 Å². The molecule has 4 nitrogen and oxygen atoms in total. The molecule has 19 heavy (non-hydrogen) atoms. The highest BCUT2D eigenvalue weighted by molar-refractivity contribution is 5.62. The number of aromatic nitrogens is 2. The standard InChI is InChI=1S/C15H26N2O2/c1-4-5-6-7-8-9-10-14-16(3)13(2)11-17(14)12-15(18)19/h11H,4-10,12H2,1-3H3. The molecule has 108 valence electrons. The fraction of sp³-hybridized carbons (Fsp3) is 0.733. The lowest BCUT2D eigenvalue weighted by Crippen LogP contribution is -2.45. The molecule has 4 heteroatoms. The van der Waals surface area contributed by atoms with Gasteiger partial charge in [-0.3, -0.25) is 0 Å². The highest BCUT2D eigenvalue weighted by Crippen LogP contribution is 2.09. The van der Waals surface area contributed by atoms with Gasteiger partial charge in [-0.1, -0.05) is 39.0 Å². The number of imidazole rings is 1. The average Bonchev–Trinajstić information content (AvgIpc) is 2.60. The van der Waals surface area contributed by atoms with Gasteiger partial charge in [0.2, 0.25) is 0 Å². The molecule has 0 aromatic carbocycles. The summed E-state index contributed by atoms with van der Waals surface area (Å²) in [4.78, 5) is 10.7. The van der Waals surface area contributed by atoms with E-state index in [9.17, 15) is 9.90 Å². The Morgan fingerprint density at radius 2 is 1.89 bits per heavy atom. The number of carboxylic acid groups (broad SMARTS) is 1. The Kier molecular flexibility index (Phi) is 6.60. The molecule has 0 radical (unpaired) electrons. The molecule has 1 heterocycles. The first-order valence-electron chi connectivity index (χ1n) is 7.30. The lowest BCUT2D eigenvalue weighted by molar-refractivity contribution is -0.697. The van der Waals surface area contributed by atoms with Gasteiger partial charge < -0.3 is 9.90 Å². The molecule has 0 bridgehead atoms. The fourth-order valence-electron chi connectivity index (χ4n) is 2.43. The number of nitrogens with zero attached hydrogens (tertiary/aromatic N) is 2. The third kappa shape index (κ3) is 5.05. The van der Waals surface area contributed by atoms with E-state index in [1.54, 1.807) is 4.57 Å². The van der Waals surface area contributed by atoms with Gasteiger partial charge in [-0.25, -0.2) is 9.13 Å². The number of carbonyl (C=O) groups is 1. The second-order valence-electron chi connectivity index (χ2n) is 5.26. The minimum absolute atomic E-state index is 0.0488. The van der Waals surface area contributed by atoms with Crippen molar-refractivity contribution in [2.75, 3.05) is 0 Å². The number of unbranched alkanes of at least 4 members (excludes halogenated alkanes) is 5. The zero-order chi connectivity index (χ0) is 14.3. The van der Waals surface area contributed by atoms with Gasteiger partial charge in [-0.15, -0.1) is 0 Å². The zero-order valence-corrected chi connectivity index (χ0v) is 12.4. The summed E-state index contributed by atoms with van der Waals surface area (Å²) in [5.41, 5.74) is 1.09. The van der Waals surface area contributed by atoms with Crippen molar-refractivity contribution < 1.29 is 14.5 Å². The summed E-state index contributed by atoms with van der Waals surface area (Å²) in [7, 11) is 1.99. The van der Waals surface area contributed by atoms with Gasteiger partial charge in [0.1, 0.15) is 18.4 Å². The molecule has 0 aliphatic carbocycles. The average molecular weight is 266 g/mol. The molecule has 1 rings (SSSR count). The second kappa shape index (κ2) is 7.97. The van der Waals surface area contributed by atoms with Crippen molar-refractivity contribution in [3.05, 3.63) is 17.7 Å². The van der Waals surface area contributed by atoms with Crippen LogP contribution in [0.2, 0.25) is 0 Å². The molecule has 0 aliphatic heterocycles. The van der Waals surface area contributed by atoms with Gasteiger partial charge in [0, 0.05) is 13.3 Å². The van der Waals surface area contributed by atoms with E-state index in [0.717, 1.165) is 24.4 Å². The van der Waals surface area contributed by atoms with Crippen LogP contribution in [-0.4, -0.2) is 10.5 Å². The second-order valence-corrected chi connectivity index (χ2v) is 5.26. The largest absolute Gasteiger partial charge is 0.546 e. The minimum Gasteiger partial charge on any atom is -0.546 e. The Balaban J connectivity index is 2.49. The predicted molar refractivity (Wildman–Crippen MR) is 72.4 cm³/mol. The number of hydrogen-bond donors (Lipinski definition) is 0. The number of hydrogen-bond acceptors (Lipinski definition) is 2. The quantitative estimate of drug-likeness (QED) is 0.499. The molecule has 0 amide bonds. The van der Waals surface area contributed by atoms with Crippen LogP contribution < -0.4 is 9.67 Å². The van der Waals surface area contributed by atoms with E-state index in [0.29, 0.717) is 0 Å². The van der Waals surface area contributed by atoms with Crippen LogP contribution in [-0.2, 0) is 24.8 Å². The third-order valence-corrected chi connectivity index (χ3v) is 3.64. The summed E-state index contributed by atoms with van der Waals surface area (Å²) in [5.74, 6) is 0.0528. The molecular formula is C15H26N2O2. The van der Waals surface area contributed by atoms with Crippen LogP contribution in [0, 0.1) is 6.92 Å². The van der Waals surface area contributed by atoms with E-state index >= 15 is 0 Å². The zero-order valence-electron chi connectivity index (χ0n) is 12.4. The van der Waals surface area contributed by atoms with Crippen molar-refractivity contribution >= 4 is 5.97 Å². The minimum atomic E-state index is -1.03. The normalized spacial score (nSPS) is 10.9. The molecule has 0 N–H and O–H groups in total. The van der Waals surface area contributed by atoms with Crippen molar-refractivity contribution in [1.29, 1.82) is 0 Å². The van der Waals surface area contributed by atoms with Crippen molar-refractivity contribution in [2.24, 2.45) is 7.05 Å². The molecule has 0 saturated carbocycles. The van der Waals surface area contributed by atoms with Gasteiger partial charge >= 0.3 is 0 Å². The van der Waals surface area contributed by atoms with Crippen LogP contribution in [0.25, 0.3) is 0 Å². The van der Waals surface area contributed by atoms with Gasteiger partial charge in [0.25, 0.3) is 5.82 Å². The molecule has 0 atom stereocenters. The number of carboxylic acids is 1. The smallest absolute Gasteiger partial charge is 0.256 e. The van der Waals surface area contributed by atoms with Gasteiger partial charge in [-0.05, 0) is 6.42 Å². The first kappa shape index (κ1) is 15.7. The van der Waals surface area contributed by atoms with E-state index in [4.69, 9.17) is 0 Å². The first-order chi connectivity index (χ1) is 9.06. The topological polar surface area (TPSA) is 48.9 Å².